The summed E-state index contributed by atoms with van der Waals surface area (Å²) < 4.78 is 25.1. The van der Waals surface area contributed by atoms with Gasteiger partial charge in [-0.15, -0.1) is 0 Å². The van der Waals surface area contributed by atoms with E-state index < -0.39 is 11.7 Å². The Bertz CT molecular complexity index is 698. The van der Waals surface area contributed by atoms with Crippen LogP contribution in [0, 0.1) is 5.82 Å². The van der Waals surface area contributed by atoms with E-state index in [1.54, 1.807) is 12.1 Å². The molecule has 122 valence electrons. The molecule has 3 rings (SSSR count). The van der Waals surface area contributed by atoms with Crippen molar-refractivity contribution in [3.05, 3.63) is 35.3 Å². The number of rotatable bonds is 6. The summed E-state index contributed by atoms with van der Waals surface area (Å²) in [6.45, 7) is 1.38. The predicted molar refractivity (Wildman–Crippen MR) is 78.9 cm³/mol. The molecule has 1 unspecified atom stereocenters. The zero-order chi connectivity index (χ0) is 16.2. The molecular formula is C15H17FN4O3. The van der Waals surface area contributed by atoms with Crippen molar-refractivity contribution in [1.82, 2.24) is 15.4 Å². The summed E-state index contributed by atoms with van der Waals surface area (Å²) in [5, 5.41) is 9.82. The van der Waals surface area contributed by atoms with Gasteiger partial charge >= 0.3 is 0 Å². The molecular weight excluding hydrogens is 303 g/mol. The first-order valence-electron chi connectivity index (χ1n) is 7.34. The third-order valence-corrected chi connectivity index (χ3v) is 3.69. The van der Waals surface area contributed by atoms with Gasteiger partial charge in [0.25, 0.3) is 5.91 Å². The summed E-state index contributed by atoms with van der Waals surface area (Å²) in [6.07, 6.45) is 2.12. The molecule has 1 amide bonds. The molecule has 0 spiro atoms. The van der Waals surface area contributed by atoms with Gasteiger partial charge in [-0.1, -0.05) is 12.1 Å². The van der Waals surface area contributed by atoms with Gasteiger partial charge in [-0.25, -0.2) is 4.39 Å². The third kappa shape index (κ3) is 3.54. The molecule has 2 aromatic rings. The van der Waals surface area contributed by atoms with Crippen molar-refractivity contribution in [1.29, 1.82) is 0 Å². The molecule has 1 fully saturated rings. The minimum Gasteiger partial charge on any atom is -0.376 e. The van der Waals surface area contributed by atoms with Crippen molar-refractivity contribution >= 4 is 5.91 Å². The summed E-state index contributed by atoms with van der Waals surface area (Å²) in [4.78, 5) is 11.2. The fraction of sp³-hybridized carbons (Fsp3) is 0.400. The van der Waals surface area contributed by atoms with Crippen LogP contribution in [0.25, 0.3) is 11.3 Å². The summed E-state index contributed by atoms with van der Waals surface area (Å²) in [6, 6.07) is 4.53. The molecule has 1 saturated heterocycles. The van der Waals surface area contributed by atoms with Gasteiger partial charge in [-0.3, -0.25) is 4.79 Å². The predicted octanol–water partition coefficient (Wildman–Crippen LogP) is 1.41. The Kier molecular flexibility index (Phi) is 4.63. The Morgan fingerprint density at radius 3 is 3.04 bits per heavy atom. The molecule has 1 aromatic heterocycles. The number of aromatic amines is 1. The lowest BCUT2D eigenvalue weighted by Crippen LogP contribution is -2.14. The van der Waals surface area contributed by atoms with Gasteiger partial charge in [-0.2, -0.15) is 15.4 Å². The van der Waals surface area contributed by atoms with Crippen LogP contribution in [0.15, 0.2) is 18.2 Å². The molecule has 8 heteroatoms. The fourth-order valence-corrected chi connectivity index (χ4v) is 2.49. The van der Waals surface area contributed by atoms with E-state index >= 15 is 0 Å². The summed E-state index contributed by atoms with van der Waals surface area (Å²) >= 11 is 0. The van der Waals surface area contributed by atoms with Gasteiger partial charge in [0.15, 0.2) is 5.69 Å². The lowest BCUT2D eigenvalue weighted by molar-refractivity contribution is 0.00983. The second-order valence-corrected chi connectivity index (χ2v) is 5.34. The minimum absolute atomic E-state index is 0.0215. The lowest BCUT2D eigenvalue weighted by atomic mass is 10.1. The SMILES string of the molecule is NC(=O)c1n[nH]nc1-c1ccc(COCC2CCCO2)c(F)c1. The normalized spacial score (nSPS) is 17.5. The topological polar surface area (TPSA) is 103 Å². The molecule has 23 heavy (non-hydrogen) atoms. The van der Waals surface area contributed by atoms with Gasteiger partial charge in [-0.05, 0) is 18.9 Å². The van der Waals surface area contributed by atoms with Crippen LogP contribution in [0.5, 0.6) is 0 Å². The number of primary amides is 1. The van der Waals surface area contributed by atoms with E-state index in [0.29, 0.717) is 17.7 Å². The number of carbonyl (C=O) groups is 1. The molecule has 0 radical (unpaired) electrons. The highest BCUT2D eigenvalue weighted by atomic mass is 19.1. The number of ether oxygens (including phenoxy) is 2. The number of nitrogens with one attached hydrogen (secondary N) is 1. The molecule has 1 atom stereocenters. The molecule has 2 heterocycles. The first-order chi connectivity index (χ1) is 11.1. The van der Waals surface area contributed by atoms with E-state index in [1.165, 1.54) is 6.07 Å². The Hall–Kier alpha value is -2.32. The number of hydrogen-bond acceptors (Lipinski definition) is 5. The molecule has 3 N–H and O–H groups in total. The van der Waals surface area contributed by atoms with Crippen molar-refractivity contribution in [3.63, 3.8) is 0 Å². The van der Waals surface area contributed by atoms with E-state index in [4.69, 9.17) is 15.2 Å². The number of halogens is 1. The monoisotopic (exact) mass is 320 g/mol. The van der Waals surface area contributed by atoms with Crippen LogP contribution < -0.4 is 5.73 Å². The number of amides is 1. The molecule has 0 aliphatic carbocycles. The average molecular weight is 320 g/mol. The van der Waals surface area contributed by atoms with Crippen molar-refractivity contribution in [3.8, 4) is 11.3 Å². The van der Waals surface area contributed by atoms with Crippen molar-refractivity contribution < 1.29 is 18.7 Å². The summed E-state index contributed by atoms with van der Waals surface area (Å²) in [5.41, 5.74) is 6.26. The third-order valence-electron chi connectivity index (χ3n) is 3.69. The average Bonchev–Trinajstić information content (AvgIpc) is 3.19. The summed E-state index contributed by atoms with van der Waals surface area (Å²) in [7, 11) is 0. The number of hydrogen-bond donors (Lipinski definition) is 2. The zero-order valence-electron chi connectivity index (χ0n) is 12.4. The zero-order valence-corrected chi connectivity index (χ0v) is 12.4. The number of nitrogens with two attached hydrogens (primary N) is 1. The van der Waals surface area contributed by atoms with E-state index in [-0.39, 0.29) is 24.1 Å². The van der Waals surface area contributed by atoms with Crippen molar-refractivity contribution in [2.24, 2.45) is 5.73 Å². The highest BCUT2D eigenvalue weighted by Gasteiger charge is 2.18. The maximum atomic E-state index is 14.2. The smallest absolute Gasteiger partial charge is 0.271 e. The van der Waals surface area contributed by atoms with E-state index in [1.807, 2.05) is 0 Å². The first kappa shape index (κ1) is 15.6. The Morgan fingerprint density at radius 2 is 2.35 bits per heavy atom. The molecule has 7 nitrogen and oxygen atoms in total. The van der Waals surface area contributed by atoms with E-state index in [0.717, 1.165) is 19.4 Å². The second kappa shape index (κ2) is 6.84. The number of carbonyl (C=O) groups excluding carboxylic acids is 1. The fourth-order valence-electron chi connectivity index (χ4n) is 2.49. The molecule has 0 bridgehead atoms. The van der Waals surface area contributed by atoms with Crippen LogP contribution in [0.3, 0.4) is 0 Å². The highest BCUT2D eigenvalue weighted by Crippen LogP contribution is 2.23. The van der Waals surface area contributed by atoms with Gasteiger partial charge < -0.3 is 15.2 Å². The maximum absolute atomic E-state index is 14.2. The quantitative estimate of drug-likeness (QED) is 0.837. The van der Waals surface area contributed by atoms with Crippen molar-refractivity contribution in [2.75, 3.05) is 13.2 Å². The Balaban J connectivity index is 1.67. The van der Waals surface area contributed by atoms with Crippen LogP contribution in [0.2, 0.25) is 0 Å². The Morgan fingerprint density at radius 1 is 1.48 bits per heavy atom. The van der Waals surface area contributed by atoms with Crippen molar-refractivity contribution in [2.45, 2.75) is 25.6 Å². The number of aromatic nitrogens is 3. The lowest BCUT2D eigenvalue weighted by Gasteiger charge is -2.11. The van der Waals surface area contributed by atoms with E-state index in [9.17, 15) is 9.18 Å². The van der Waals surface area contributed by atoms with E-state index in [2.05, 4.69) is 15.4 Å². The molecule has 1 aromatic carbocycles. The number of benzene rings is 1. The molecule has 0 saturated carbocycles. The number of H-pyrrole nitrogens is 1. The van der Waals surface area contributed by atoms with Gasteiger partial charge in [0.1, 0.15) is 11.5 Å². The maximum Gasteiger partial charge on any atom is 0.271 e. The van der Waals surface area contributed by atoms with Gasteiger partial charge in [0.2, 0.25) is 0 Å². The standard InChI is InChI=1S/C15H17FN4O3/c16-12-6-9(13-14(15(17)21)19-20-18-13)3-4-10(12)7-22-8-11-2-1-5-23-11/h3-4,6,11H,1-2,5,7-8H2,(H2,17,21)(H,18,19,20). The van der Waals surface area contributed by atoms with Crippen LogP contribution in [0.4, 0.5) is 4.39 Å². The molecule has 1 aliphatic rings. The first-order valence-corrected chi connectivity index (χ1v) is 7.34. The van der Waals surface area contributed by atoms with Crippen LogP contribution in [-0.2, 0) is 16.1 Å². The minimum atomic E-state index is -0.724. The highest BCUT2D eigenvalue weighted by molar-refractivity contribution is 5.96. The number of nitrogens with zero attached hydrogens (tertiary/aromatic N) is 2. The summed E-state index contributed by atoms with van der Waals surface area (Å²) in [5.74, 6) is -1.16. The molecule has 1 aliphatic heterocycles. The van der Waals surface area contributed by atoms with Gasteiger partial charge in [0, 0.05) is 17.7 Å². The van der Waals surface area contributed by atoms with Crippen LogP contribution in [0.1, 0.15) is 28.9 Å². The van der Waals surface area contributed by atoms with Crippen LogP contribution in [-0.4, -0.2) is 40.6 Å². The van der Waals surface area contributed by atoms with Crippen LogP contribution >= 0.6 is 0 Å². The largest absolute Gasteiger partial charge is 0.376 e. The van der Waals surface area contributed by atoms with Gasteiger partial charge in [0.05, 0.1) is 19.3 Å². The second-order valence-electron chi connectivity index (χ2n) is 5.34. The Labute approximate surface area is 132 Å².